The van der Waals surface area contributed by atoms with Crippen molar-refractivity contribution in [1.82, 2.24) is 4.31 Å². The van der Waals surface area contributed by atoms with E-state index in [0.717, 1.165) is 4.47 Å². The molecule has 0 N–H and O–H groups in total. The number of halogens is 1. The van der Waals surface area contributed by atoms with E-state index in [9.17, 15) is 8.42 Å². The first-order valence-electron chi connectivity index (χ1n) is 5.85. The van der Waals surface area contributed by atoms with Crippen molar-refractivity contribution in [1.29, 1.82) is 0 Å². The monoisotopic (exact) mass is 335 g/mol. The van der Waals surface area contributed by atoms with E-state index in [1.807, 2.05) is 13.8 Å². The van der Waals surface area contributed by atoms with Gasteiger partial charge in [-0.2, -0.15) is 4.31 Å². The SMILES string of the molecule is CCOCCN(CC)S(=O)(=O)c1cccc(Br)c1. The summed E-state index contributed by atoms with van der Waals surface area (Å²) in [5.41, 5.74) is 0. The number of benzene rings is 1. The summed E-state index contributed by atoms with van der Waals surface area (Å²) in [4.78, 5) is 0.301. The molecule has 0 spiro atoms. The number of sulfonamides is 1. The highest BCUT2D eigenvalue weighted by Gasteiger charge is 2.22. The van der Waals surface area contributed by atoms with Crippen LogP contribution in [-0.4, -0.2) is 39.0 Å². The van der Waals surface area contributed by atoms with Crippen LogP contribution in [0.25, 0.3) is 0 Å². The van der Waals surface area contributed by atoms with Crippen LogP contribution in [0.4, 0.5) is 0 Å². The molecule has 0 amide bonds. The first kappa shape index (κ1) is 15.6. The molecule has 102 valence electrons. The van der Waals surface area contributed by atoms with Gasteiger partial charge in [-0.15, -0.1) is 0 Å². The Morgan fingerprint density at radius 3 is 2.61 bits per heavy atom. The Hall–Kier alpha value is -0.430. The van der Waals surface area contributed by atoms with E-state index in [1.165, 1.54) is 4.31 Å². The lowest BCUT2D eigenvalue weighted by molar-refractivity contribution is 0.135. The number of ether oxygens (including phenoxy) is 1. The Kier molecular flexibility index (Phi) is 6.28. The summed E-state index contributed by atoms with van der Waals surface area (Å²) in [6.07, 6.45) is 0. The fraction of sp³-hybridized carbons (Fsp3) is 0.500. The van der Waals surface area contributed by atoms with E-state index in [0.29, 0.717) is 31.2 Å². The first-order valence-corrected chi connectivity index (χ1v) is 8.09. The zero-order chi connectivity index (χ0) is 13.6. The highest BCUT2D eigenvalue weighted by Crippen LogP contribution is 2.19. The van der Waals surface area contributed by atoms with Gasteiger partial charge in [-0.3, -0.25) is 0 Å². The van der Waals surface area contributed by atoms with Crippen LogP contribution in [0.1, 0.15) is 13.8 Å². The van der Waals surface area contributed by atoms with Gasteiger partial charge in [-0.05, 0) is 25.1 Å². The average Bonchev–Trinajstić information content (AvgIpc) is 2.34. The molecule has 1 aromatic rings. The fourth-order valence-corrected chi connectivity index (χ4v) is 3.57. The summed E-state index contributed by atoms with van der Waals surface area (Å²) in [7, 11) is -3.43. The van der Waals surface area contributed by atoms with Gasteiger partial charge >= 0.3 is 0 Å². The van der Waals surface area contributed by atoms with Crippen molar-refractivity contribution in [2.24, 2.45) is 0 Å². The van der Waals surface area contributed by atoms with Crippen LogP contribution < -0.4 is 0 Å². The van der Waals surface area contributed by atoms with Crippen LogP contribution in [-0.2, 0) is 14.8 Å². The lowest BCUT2D eigenvalue weighted by Gasteiger charge is -2.20. The minimum absolute atomic E-state index is 0.301. The van der Waals surface area contributed by atoms with E-state index in [2.05, 4.69) is 15.9 Å². The summed E-state index contributed by atoms with van der Waals surface area (Å²) < 4.78 is 32.1. The van der Waals surface area contributed by atoms with Gasteiger partial charge in [0.15, 0.2) is 0 Å². The normalized spacial score (nSPS) is 12.0. The average molecular weight is 336 g/mol. The Balaban J connectivity index is 2.89. The van der Waals surface area contributed by atoms with E-state index < -0.39 is 10.0 Å². The Morgan fingerprint density at radius 1 is 1.33 bits per heavy atom. The second kappa shape index (κ2) is 7.23. The number of hydrogen-bond donors (Lipinski definition) is 0. The van der Waals surface area contributed by atoms with Crippen LogP contribution >= 0.6 is 15.9 Å². The highest BCUT2D eigenvalue weighted by molar-refractivity contribution is 9.10. The van der Waals surface area contributed by atoms with Crippen molar-refractivity contribution < 1.29 is 13.2 Å². The van der Waals surface area contributed by atoms with Crippen LogP contribution in [0.2, 0.25) is 0 Å². The summed E-state index contributed by atoms with van der Waals surface area (Å²) in [6.45, 7) is 5.52. The van der Waals surface area contributed by atoms with Crippen LogP contribution in [0.5, 0.6) is 0 Å². The van der Waals surface area contributed by atoms with Crippen LogP contribution in [0.3, 0.4) is 0 Å². The van der Waals surface area contributed by atoms with E-state index in [1.54, 1.807) is 24.3 Å². The molecule has 4 nitrogen and oxygen atoms in total. The lowest BCUT2D eigenvalue weighted by atomic mass is 10.4. The third kappa shape index (κ3) is 4.05. The topological polar surface area (TPSA) is 46.6 Å². The fourth-order valence-electron chi connectivity index (χ4n) is 1.54. The molecule has 0 aliphatic heterocycles. The van der Waals surface area contributed by atoms with Gasteiger partial charge in [0.1, 0.15) is 0 Å². The van der Waals surface area contributed by atoms with Crippen molar-refractivity contribution in [3.05, 3.63) is 28.7 Å². The molecule has 6 heteroatoms. The molecule has 0 bridgehead atoms. The first-order chi connectivity index (χ1) is 8.52. The molecule has 0 saturated carbocycles. The van der Waals surface area contributed by atoms with Crippen molar-refractivity contribution >= 4 is 26.0 Å². The molecule has 0 unspecified atom stereocenters. The third-order valence-electron chi connectivity index (χ3n) is 2.48. The van der Waals surface area contributed by atoms with Gasteiger partial charge in [-0.1, -0.05) is 28.9 Å². The maximum atomic E-state index is 12.4. The van der Waals surface area contributed by atoms with Gasteiger partial charge in [0.2, 0.25) is 10.0 Å². The smallest absolute Gasteiger partial charge is 0.243 e. The minimum atomic E-state index is -3.43. The van der Waals surface area contributed by atoms with Crippen molar-refractivity contribution in [3.8, 4) is 0 Å². The molecule has 0 aromatic heterocycles. The van der Waals surface area contributed by atoms with Crippen molar-refractivity contribution in [2.45, 2.75) is 18.7 Å². The van der Waals surface area contributed by atoms with Gasteiger partial charge in [0.25, 0.3) is 0 Å². The summed E-state index contributed by atoms with van der Waals surface area (Å²) >= 11 is 3.28. The van der Waals surface area contributed by atoms with Crippen LogP contribution in [0, 0.1) is 0 Å². The molecule has 0 heterocycles. The standard InChI is InChI=1S/C12H18BrNO3S/c1-3-14(8-9-17-4-2)18(15,16)12-7-5-6-11(13)10-12/h5-7,10H,3-4,8-9H2,1-2H3. The van der Waals surface area contributed by atoms with Gasteiger partial charge in [0.05, 0.1) is 11.5 Å². The van der Waals surface area contributed by atoms with Gasteiger partial charge < -0.3 is 4.74 Å². The molecule has 0 saturated heterocycles. The van der Waals surface area contributed by atoms with Gasteiger partial charge in [0, 0.05) is 24.2 Å². The van der Waals surface area contributed by atoms with Crippen molar-refractivity contribution in [2.75, 3.05) is 26.3 Å². The highest BCUT2D eigenvalue weighted by atomic mass is 79.9. The summed E-state index contributed by atoms with van der Waals surface area (Å²) in [5, 5.41) is 0. The molecule has 0 aliphatic carbocycles. The van der Waals surface area contributed by atoms with Crippen LogP contribution in [0.15, 0.2) is 33.6 Å². The zero-order valence-corrected chi connectivity index (χ0v) is 13.0. The molecule has 0 radical (unpaired) electrons. The zero-order valence-electron chi connectivity index (χ0n) is 10.6. The lowest BCUT2D eigenvalue weighted by Crippen LogP contribution is -2.33. The Morgan fingerprint density at radius 2 is 2.06 bits per heavy atom. The molecule has 0 fully saturated rings. The molecular weight excluding hydrogens is 318 g/mol. The second-order valence-corrected chi connectivity index (χ2v) is 6.50. The van der Waals surface area contributed by atoms with E-state index in [4.69, 9.17) is 4.74 Å². The number of rotatable bonds is 7. The predicted octanol–water partition coefficient (Wildman–Crippen LogP) is 2.50. The molecule has 0 aliphatic rings. The molecular formula is C12H18BrNO3S. The minimum Gasteiger partial charge on any atom is -0.380 e. The summed E-state index contributed by atoms with van der Waals surface area (Å²) in [5.74, 6) is 0. The Bertz CT molecular complexity index is 476. The summed E-state index contributed by atoms with van der Waals surface area (Å²) in [6, 6.07) is 6.73. The maximum absolute atomic E-state index is 12.4. The number of hydrogen-bond acceptors (Lipinski definition) is 3. The van der Waals surface area contributed by atoms with Crippen molar-refractivity contribution in [3.63, 3.8) is 0 Å². The predicted molar refractivity (Wildman–Crippen MR) is 75.1 cm³/mol. The van der Waals surface area contributed by atoms with E-state index >= 15 is 0 Å². The molecule has 1 aromatic carbocycles. The molecule has 1 rings (SSSR count). The molecule has 18 heavy (non-hydrogen) atoms. The number of nitrogens with zero attached hydrogens (tertiary/aromatic N) is 1. The van der Waals surface area contributed by atoms with Gasteiger partial charge in [-0.25, -0.2) is 8.42 Å². The third-order valence-corrected chi connectivity index (χ3v) is 4.94. The number of likely N-dealkylation sites (N-methyl/N-ethyl adjacent to an activating group) is 1. The second-order valence-electron chi connectivity index (χ2n) is 3.65. The molecule has 0 atom stereocenters. The Labute approximate surface area is 117 Å². The quantitative estimate of drug-likeness (QED) is 0.719. The largest absolute Gasteiger partial charge is 0.380 e. The maximum Gasteiger partial charge on any atom is 0.243 e. The van der Waals surface area contributed by atoms with E-state index in [-0.39, 0.29) is 0 Å².